The summed E-state index contributed by atoms with van der Waals surface area (Å²) in [5.74, 6) is -0.723. The summed E-state index contributed by atoms with van der Waals surface area (Å²) in [6.45, 7) is 4.08. The molecule has 0 saturated heterocycles. The van der Waals surface area contributed by atoms with Gasteiger partial charge in [0.2, 0.25) is 0 Å². The molecule has 1 aliphatic rings. The van der Waals surface area contributed by atoms with Gasteiger partial charge in [0.15, 0.2) is 5.65 Å². The van der Waals surface area contributed by atoms with Crippen molar-refractivity contribution >= 4 is 23.0 Å². The predicted octanol–water partition coefficient (Wildman–Crippen LogP) is 1.84. The highest BCUT2D eigenvalue weighted by molar-refractivity contribution is 5.99. The molecule has 1 fully saturated rings. The van der Waals surface area contributed by atoms with Crippen LogP contribution < -0.4 is 5.32 Å². The van der Waals surface area contributed by atoms with E-state index in [9.17, 15) is 9.59 Å². The van der Waals surface area contributed by atoms with Gasteiger partial charge in [-0.1, -0.05) is 0 Å². The number of carbonyl (C=O) groups is 2. The summed E-state index contributed by atoms with van der Waals surface area (Å²) >= 11 is 0. The van der Waals surface area contributed by atoms with E-state index in [0.29, 0.717) is 23.9 Å². The first-order valence-corrected chi connectivity index (χ1v) is 7.70. The Kier molecular flexibility index (Phi) is 3.79. The highest BCUT2D eigenvalue weighted by atomic mass is 16.5. The zero-order chi connectivity index (χ0) is 16.6. The summed E-state index contributed by atoms with van der Waals surface area (Å²) in [5.41, 5.74) is 0.898. The number of hydrogen-bond acceptors (Lipinski definition) is 5. The number of nitrogens with zero attached hydrogens (tertiary/aromatic N) is 3. The molecule has 23 heavy (non-hydrogen) atoms. The highest BCUT2D eigenvalue weighted by Gasteiger charge is 2.46. The van der Waals surface area contributed by atoms with Gasteiger partial charge in [0.1, 0.15) is 11.1 Å². The number of esters is 1. The van der Waals surface area contributed by atoms with Gasteiger partial charge in [-0.15, -0.1) is 0 Å². The third-order valence-corrected chi connectivity index (χ3v) is 4.37. The van der Waals surface area contributed by atoms with E-state index in [-0.39, 0.29) is 11.9 Å². The fourth-order valence-electron chi connectivity index (χ4n) is 2.82. The number of aromatic nitrogens is 3. The Morgan fingerprint density at radius 3 is 2.65 bits per heavy atom. The lowest BCUT2D eigenvalue weighted by Crippen LogP contribution is -2.59. The maximum atomic E-state index is 12.5. The molecule has 7 nitrogen and oxygen atoms in total. The third kappa shape index (κ3) is 2.56. The molecule has 1 N–H and O–H groups in total. The molecule has 1 aliphatic carbocycles. The topological polar surface area (TPSA) is 86.1 Å². The third-order valence-electron chi connectivity index (χ3n) is 4.37. The van der Waals surface area contributed by atoms with Gasteiger partial charge in [-0.05, 0) is 39.2 Å². The largest absolute Gasteiger partial charge is 0.467 e. The van der Waals surface area contributed by atoms with E-state index in [4.69, 9.17) is 4.74 Å². The van der Waals surface area contributed by atoms with E-state index in [1.807, 2.05) is 18.4 Å². The molecule has 7 heteroatoms. The van der Waals surface area contributed by atoms with Crippen molar-refractivity contribution in [3.63, 3.8) is 0 Å². The van der Waals surface area contributed by atoms with Crippen molar-refractivity contribution in [2.24, 2.45) is 0 Å². The fourth-order valence-corrected chi connectivity index (χ4v) is 2.82. The van der Waals surface area contributed by atoms with Crippen molar-refractivity contribution in [1.29, 1.82) is 0 Å². The SMILES string of the molecule is COC(=O)C1(NC(=O)c2cnc3c(c2)ncn3C(C)C)CCC1. The first-order chi connectivity index (χ1) is 11.0. The zero-order valence-corrected chi connectivity index (χ0v) is 13.5. The number of fused-ring (bicyclic) bond motifs is 1. The van der Waals surface area contributed by atoms with Crippen LogP contribution in [-0.2, 0) is 9.53 Å². The Hall–Kier alpha value is -2.44. The Balaban J connectivity index is 1.85. The minimum Gasteiger partial charge on any atom is -0.467 e. The van der Waals surface area contributed by atoms with Gasteiger partial charge in [-0.25, -0.2) is 14.8 Å². The average Bonchev–Trinajstić information content (AvgIpc) is 2.93. The van der Waals surface area contributed by atoms with Crippen LogP contribution in [0.4, 0.5) is 0 Å². The van der Waals surface area contributed by atoms with Crippen LogP contribution in [-0.4, -0.2) is 39.1 Å². The number of nitrogens with one attached hydrogen (secondary N) is 1. The molecular weight excluding hydrogens is 296 g/mol. The van der Waals surface area contributed by atoms with Crippen LogP contribution in [0.5, 0.6) is 0 Å². The first-order valence-electron chi connectivity index (χ1n) is 7.70. The van der Waals surface area contributed by atoms with Crippen molar-refractivity contribution in [3.05, 3.63) is 24.2 Å². The number of ether oxygens (including phenoxy) is 1. The Morgan fingerprint density at radius 1 is 1.35 bits per heavy atom. The summed E-state index contributed by atoms with van der Waals surface area (Å²) in [7, 11) is 1.33. The lowest BCUT2D eigenvalue weighted by molar-refractivity contribution is -0.152. The average molecular weight is 316 g/mol. The molecule has 122 valence electrons. The molecule has 3 rings (SSSR count). The molecule has 2 aromatic rings. The minimum absolute atomic E-state index is 0.241. The van der Waals surface area contributed by atoms with Gasteiger partial charge in [0, 0.05) is 12.2 Å². The van der Waals surface area contributed by atoms with Crippen molar-refractivity contribution in [3.8, 4) is 0 Å². The summed E-state index contributed by atoms with van der Waals surface area (Å²) in [5, 5.41) is 2.80. The van der Waals surface area contributed by atoms with Gasteiger partial charge >= 0.3 is 5.97 Å². The number of rotatable bonds is 4. The molecule has 0 aliphatic heterocycles. The molecule has 0 atom stereocenters. The van der Waals surface area contributed by atoms with Crippen molar-refractivity contribution < 1.29 is 14.3 Å². The first kappa shape index (κ1) is 15.5. The standard InChI is InChI=1S/C16H20N4O3/c1-10(2)20-9-18-12-7-11(8-17-13(12)20)14(21)19-16(5-4-6-16)15(22)23-3/h7-10H,4-6H2,1-3H3,(H,19,21). The summed E-state index contributed by atoms with van der Waals surface area (Å²) < 4.78 is 6.75. The molecule has 0 bridgehead atoms. The second-order valence-corrected chi connectivity index (χ2v) is 6.19. The summed E-state index contributed by atoms with van der Waals surface area (Å²) in [4.78, 5) is 33.0. The van der Waals surface area contributed by atoms with Gasteiger partial charge in [0.05, 0.1) is 19.0 Å². The van der Waals surface area contributed by atoms with Crippen molar-refractivity contribution in [1.82, 2.24) is 19.9 Å². The number of methoxy groups -OCH3 is 1. The van der Waals surface area contributed by atoms with E-state index in [1.165, 1.54) is 13.3 Å². The molecule has 1 saturated carbocycles. The van der Waals surface area contributed by atoms with E-state index < -0.39 is 11.5 Å². The highest BCUT2D eigenvalue weighted by Crippen LogP contribution is 2.33. The lowest BCUT2D eigenvalue weighted by Gasteiger charge is -2.39. The van der Waals surface area contributed by atoms with E-state index in [0.717, 1.165) is 12.1 Å². The van der Waals surface area contributed by atoms with Crippen molar-refractivity contribution in [2.45, 2.75) is 44.7 Å². The fraction of sp³-hybridized carbons (Fsp3) is 0.500. The second-order valence-electron chi connectivity index (χ2n) is 6.19. The van der Waals surface area contributed by atoms with Crippen LogP contribution in [0.15, 0.2) is 18.6 Å². The second kappa shape index (κ2) is 5.64. The number of amides is 1. The molecule has 0 radical (unpaired) electrons. The van der Waals surface area contributed by atoms with Crippen LogP contribution in [0.3, 0.4) is 0 Å². The normalized spacial score (nSPS) is 16.2. The number of pyridine rings is 1. The zero-order valence-electron chi connectivity index (χ0n) is 13.5. The number of imidazole rings is 1. The van der Waals surface area contributed by atoms with Crippen LogP contribution in [0.2, 0.25) is 0 Å². The number of carbonyl (C=O) groups excluding carboxylic acids is 2. The van der Waals surface area contributed by atoms with Crippen LogP contribution in [0.1, 0.15) is 49.5 Å². The van der Waals surface area contributed by atoms with E-state index >= 15 is 0 Å². The Labute approximate surface area is 134 Å². The van der Waals surface area contributed by atoms with Gasteiger partial charge < -0.3 is 14.6 Å². The van der Waals surface area contributed by atoms with Gasteiger partial charge in [-0.2, -0.15) is 0 Å². The molecule has 0 aromatic carbocycles. The lowest BCUT2D eigenvalue weighted by atomic mass is 9.76. The summed E-state index contributed by atoms with van der Waals surface area (Å²) in [6.07, 6.45) is 5.32. The molecule has 2 heterocycles. The predicted molar refractivity (Wildman–Crippen MR) is 84.0 cm³/mol. The Bertz CT molecular complexity index is 762. The maximum Gasteiger partial charge on any atom is 0.331 e. The van der Waals surface area contributed by atoms with Gasteiger partial charge in [0.25, 0.3) is 5.91 Å². The van der Waals surface area contributed by atoms with Crippen LogP contribution in [0, 0.1) is 0 Å². The monoisotopic (exact) mass is 316 g/mol. The van der Waals surface area contributed by atoms with Crippen LogP contribution >= 0.6 is 0 Å². The smallest absolute Gasteiger partial charge is 0.331 e. The molecular formula is C16H20N4O3. The van der Waals surface area contributed by atoms with Crippen molar-refractivity contribution in [2.75, 3.05) is 7.11 Å². The van der Waals surface area contributed by atoms with E-state index in [1.54, 1.807) is 12.4 Å². The quantitative estimate of drug-likeness (QED) is 0.870. The minimum atomic E-state index is -0.891. The van der Waals surface area contributed by atoms with Gasteiger partial charge in [-0.3, -0.25) is 4.79 Å². The number of hydrogen-bond donors (Lipinski definition) is 1. The molecule has 0 spiro atoms. The molecule has 0 unspecified atom stereocenters. The Morgan fingerprint density at radius 2 is 2.09 bits per heavy atom. The van der Waals surface area contributed by atoms with E-state index in [2.05, 4.69) is 15.3 Å². The molecule has 1 amide bonds. The summed E-state index contributed by atoms with van der Waals surface area (Å²) in [6, 6.07) is 1.94. The molecule has 2 aromatic heterocycles. The van der Waals surface area contributed by atoms with Crippen LogP contribution in [0.25, 0.3) is 11.2 Å². The maximum absolute atomic E-state index is 12.5.